The van der Waals surface area contributed by atoms with Crippen LogP contribution < -0.4 is 10.1 Å². The van der Waals surface area contributed by atoms with Crippen molar-refractivity contribution in [2.45, 2.75) is 12.6 Å². The summed E-state index contributed by atoms with van der Waals surface area (Å²) < 4.78 is 47.1. The molecular formula is C19H15F3N4O2. The molecule has 2 aromatic carbocycles. The summed E-state index contributed by atoms with van der Waals surface area (Å²) >= 11 is 0. The summed E-state index contributed by atoms with van der Waals surface area (Å²) in [6, 6.07) is 10.9. The molecule has 6 nitrogen and oxygen atoms in total. The van der Waals surface area contributed by atoms with Crippen LogP contribution in [0.1, 0.15) is 11.1 Å². The molecule has 1 amide bonds. The van der Waals surface area contributed by atoms with E-state index in [0.29, 0.717) is 6.42 Å². The van der Waals surface area contributed by atoms with Crippen molar-refractivity contribution >= 4 is 11.6 Å². The summed E-state index contributed by atoms with van der Waals surface area (Å²) in [5.74, 6) is -0.154. The normalized spacial score (nSPS) is 16.2. The van der Waals surface area contributed by atoms with E-state index in [4.69, 9.17) is 4.74 Å². The first kappa shape index (κ1) is 18.0. The van der Waals surface area contributed by atoms with Gasteiger partial charge in [-0.1, -0.05) is 18.2 Å². The van der Waals surface area contributed by atoms with Crippen LogP contribution in [-0.4, -0.2) is 27.3 Å². The van der Waals surface area contributed by atoms with Gasteiger partial charge in [0, 0.05) is 5.69 Å². The Bertz CT molecular complexity index is 1000. The Morgan fingerprint density at radius 1 is 1.21 bits per heavy atom. The van der Waals surface area contributed by atoms with E-state index in [1.807, 2.05) is 24.3 Å². The number of carbonyl (C=O) groups excluding carboxylic acids is 1. The van der Waals surface area contributed by atoms with Gasteiger partial charge in [0.25, 0.3) is 0 Å². The number of hydrogen-bond acceptors (Lipinski definition) is 4. The fraction of sp³-hybridized carbons (Fsp3) is 0.211. The van der Waals surface area contributed by atoms with Crippen molar-refractivity contribution < 1.29 is 22.7 Å². The number of rotatable bonds is 3. The summed E-state index contributed by atoms with van der Waals surface area (Å²) in [6.45, 7) is 0.173. The van der Waals surface area contributed by atoms with Crippen molar-refractivity contribution in [1.82, 2.24) is 14.8 Å². The van der Waals surface area contributed by atoms with Crippen LogP contribution in [0.5, 0.6) is 5.75 Å². The van der Waals surface area contributed by atoms with Crippen molar-refractivity contribution in [1.29, 1.82) is 0 Å². The van der Waals surface area contributed by atoms with E-state index >= 15 is 0 Å². The molecule has 0 aliphatic carbocycles. The molecule has 1 unspecified atom stereocenters. The van der Waals surface area contributed by atoms with Crippen molar-refractivity contribution in [3.05, 3.63) is 66.2 Å². The average molecular weight is 388 g/mol. The molecule has 0 bridgehead atoms. The standard InChI is InChI=1S/C19H15F3N4O2/c20-19(21,22)15-8-14(5-6-16(15)26-11-23-10-24-26)25-18(27)13-7-12-3-1-2-4-17(12)28-9-13/h1-6,8,10-11,13H,7,9H2,(H,25,27). The van der Waals surface area contributed by atoms with E-state index in [-0.39, 0.29) is 18.0 Å². The molecule has 1 atom stereocenters. The number of aromatic nitrogens is 3. The SMILES string of the molecule is O=C(Nc1ccc(-n2cncn2)c(C(F)(F)F)c1)C1COc2ccccc2C1. The van der Waals surface area contributed by atoms with Crippen LogP contribution >= 0.6 is 0 Å². The second-order valence-electron chi connectivity index (χ2n) is 6.38. The van der Waals surface area contributed by atoms with Gasteiger partial charge in [0.15, 0.2) is 0 Å². The average Bonchev–Trinajstić information content (AvgIpc) is 3.21. The van der Waals surface area contributed by atoms with E-state index in [9.17, 15) is 18.0 Å². The van der Waals surface area contributed by atoms with Crippen LogP contribution in [0, 0.1) is 5.92 Å². The Morgan fingerprint density at radius 3 is 2.79 bits per heavy atom. The van der Waals surface area contributed by atoms with Gasteiger partial charge in [0.1, 0.15) is 25.0 Å². The molecule has 4 rings (SSSR count). The lowest BCUT2D eigenvalue weighted by Crippen LogP contribution is -2.32. The first-order valence-corrected chi connectivity index (χ1v) is 8.49. The Balaban J connectivity index is 1.56. The zero-order chi connectivity index (χ0) is 19.7. The van der Waals surface area contributed by atoms with Crippen molar-refractivity contribution in [2.24, 2.45) is 5.92 Å². The molecule has 1 aromatic heterocycles. The number of benzene rings is 2. The smallest absolute Gasteiger partial charge is 0.418 e. The van der Waals surface area contributed by atoms with Gasteiger partial charge in [0.2, 0.25) is 5.91 Å². The molecular weight excluding hydrogens is 373 g/mol. The molecule has 0 radical (unpaired) electrons. The number of para-hydroxylation sites is 1. The number of anilines is 1. The highest BCUT2D eigenvalue weighted by molar-refractivity contribution is 5.93. The van der Waals surface area contributed by atoms with Crippen molar-refractivity contribution in [2.75, 3.05) is 11.9 Å². The minimum Gasteiger partial charge on any atom is -0.492 e. The molecule has 1 aliphatic heterocycles. The fourth-order valence-electron chi connectivity index (χ4n) is 3.11. The van der Waals surface area contributed by atoms with Gasteiger partial charge < -0.3 is 10.1 Å². The molecule has 0 spiro atoms. The van der Waals surface area contributed by atoms with E-state index in [1.54, 1.807) is 0 Å². The zero-order valence-electron chi connectivity index (χ0n) is 14.5. The molecule has 3 aromatic rings. The van der Waals surface area contributed by atoms with Crippen LogP contribution in [0.4, 0.5) is 18.9 Å². The summed E-state index contributed by atoms with van der Waals surface area (Å²) in [5.41, 5.74) is -0.134. The minimum absolute atomic E-state index is 0.0556. The predicted octanol–water partition coefficient (Wildman–Crippen LogP) is 3.48. The van der Waals surface area contributed by atoms with Crippen LogP contribution in [-0.2, 0) is 17.4 Å². The van der Waals surface area contributed by atoms with E-state index in [0.717, 1.165) is 28.4 Å². The lowest BCUT2D eigenvalue weighted by Gasteiger charge is -2.24. The summed E-state index contributed by atoms with van der Waals surface area (Å²) in [4.78, 5) is 16.2. The zero-order valence-corrected chi connectivity index (χ0v) is 14.5. The maximum atomic E-state index is 13.5. The fourth-order valence-corrected chi connectivity index (χ4v) is 3.11. The molecule has 1 N–H and O–H groups in total. The van der Waals surface area contributed by atoms with Crippen LogP contribution in [0.2, 0.25) is 0 Å². The number of nitrogens with one attached hydrogen (secondary N) is 1. The Labute approximate surface area is 158 Å². The number of fused-ring (bicyclic) bond motifs is 1. The van der Waals surface area contributed by atoms with Crippen LogP contribution in [0.25, 0.3) is 5.69 Å². The predicted molar refractivity (Wildman–Crippen MR) is 94.1 cm³/mol. The maximum Gasteiger partial charge on any atom is 0.418 e. The lowest BCUT2D eigenvalue weighted by molar-refractivity contribution is -0.137. The van der Waals surface area contributed by atoms with E-state index in [1.165, 1.54) is 18.5 Å². The molecule has 0 saturated heterocycles. The third-order valence-electron chi connectivity index (χ3n) is 4.48. The number of hydrogen-bond donors (Lipinski definition) is 1. The highest BCUT2D eigenvalue weighted by Crippen LogP contribution is 2.35. The molecule has 0 fully saturated rings. The van der Waals surface area contributed by atoms with Gasteiger partial charge in [-0.15, -0.1) is 0 Å². The number of amides is 1. The third-order valence-corrected chi connectivity index (χ3v) is 4.48. The second-order valence-corrected chi connectivity index (χ2v) is 6.38. The van der Waals surface area contributed by atoms with Crippen molar-refractivity contribution in [3.63, 3.8) is 0 Å². The van der Waals surface area contributed by atoms with E-state index < -0.39 is 23.6 Å². The number of ether oxygens (including phenoxy) is 1. The Hall–Kier alpha value is -3.36. The van der Waals surface area contributed by atoms with Gasteiger partial charge >= 0.3 is 6.18 Å². The molecule has 144 valence electrons. The summed E-state index contributed by atoms with van der Waals surface area (Å²) in [7, 11) is 0. The first-order valence-electron chi connectivity index (χ1n) is 8.49. The van der Waals surface area contributed by atoms with Gasteiger partial charge in [-0.3, -0.25) is 4.79 Å². The number of alkyl halides is 3. The number of halogens is 3. The van der Waals surface area contributed by atoms with Gasteiger partial charge in [-0.2, -0.15) is 18.3 Å². The maximum absolute atomic E-state index is 13.5. The summed E-state index contributed by atoms with van der Waals surface area (Å²) in [6.07, 6.45) is -1.82. The third kappa shape index (κ3) is 3.55. The monoisotopic (exact) mass is 388 g/mol. The summed E-state index contributed by atoms with van der Waals surface area (Å²) in [5, 5.41) is 6.31. The first-order chi connectivity index (χ1) is 13.4. The molecule has 1 aliphatic rings. The molecule has 9 heteroatoms. The van der Waals surface area contributed by atoms with Gasteiger partial charge in [0.05, 0.1) is 17.2 Å². The number of nitrogens with zero attached hydrogens (tertiary/aromatic N) is 3. The quantitative estimate of drug-likeness (QED) is 0.746. The van der Waals surface area contributed by atoms with E-state index in [2.05, 4.69) is 15.4 Å². The van der Waals surface area contributed by atoms with Gasteiger partial charge in [-0.05, 0) is 36.2 Å². The Kier molecular flexibility index (Phi) is 4.50. The Morgan fingerprint density at radius 2 is 2.04 bits per heavy atom. The molecule has 2 heterocycles. The minimum atomic E-state index is -4.62. The van der Waals surface area contributed by atoms with Crippen LogP contribution in [0.15, 0.2) is 55.1 Å². The highest BCUT2D eigenvalue weighted by atomic mass is 19.4. The molecule has 28 heavy (non-hydrogen) atoms. The molecule has 0 saturated carbocycles. The number of carbonyl (C=O) groups is 1. The van der Waals surface area contributed by atoms with Gasteiger partial charge in [-0.25, -0.2) is 9.67 Å². The topological polar surface area (TPSA) is 69.0 Å². The lowest BCUT2D eigenvalue weighted by atomic mass is 9.96. The van der Waals surface area contributed by atoms with Crippen LogP contribution in [0.3, 0.4) is 0 Å². The van der Waals surface area contributed by atoms with Crippen molar-refractivity contribution in [3.8, 4) is 11.4 Å². The highest BCUT2D eigenvalue weighted by Gasteiger charge is 2.35. The second kappa shape index (κ2) is 6.99. The largest absolute Gasteiger partial charge is 0.492 e.